The highest BCUT2D eigenvalue weighted by molar-refractivity contribution is 9.10. The van der Waals surface area contributed by atoms with E-state index in [1.54, 1.807) is 10.4 Å². The molecule has 0 N–H and O–H groups in total. The molecule has 1 aliphatic carbocycles. The fraction of sp³-hybridized carbons (Fsp3) is 0.600. The minimum Gasteiger partial charge on any atom is -0.207 e. The molecule has 1 aromatic rings. The van der Waals surface area contributed by atoms with Gasteiger partial charge in [0.25, 0.3) is 0 Å². The van der Waals surface area contributed by atoms with Gasteiger partial charge in [-0.3, -0.25) is 0 Å². The number of benzene rings is 1. The van der Waals surface area contributed by atoms with Gasteiger partial charge < -0.3 is 0 Å². The first kappa shape index (κ1) is 15.4. The van der Waals surface area contributed by atoms with Gasteiger partial charge in [-0.15, -0.1) is 0 Å². The fourth-order valence-corrected chi connectivity index (χ4v) is 5.82. The number of piperidine rings is 1. The van der Waals surface area contributed by atoms with Crippen molar-refractivity contribution in [3.8, 4) is 0 Å². The molecular weight excluding hydrogens is 357 g/mol. The van der Waals surface area contributed by atoms with Crippen LogP contribution in [0.3, 0.4) is 0 Å². The monoisotopic (exact) mass is 375 g/mol. The molecule has 1 saturated heterocycles. The molecule has 2 aliphatic rings. The van der Waals surface area contributed by atoms with E-state index in [-0.39, 0.29) is 10.9 Å². The zero-order valence-corrected chi connectivity index (χ0v) is 14.2. The lowest BCUT2D eigenvalue weighted by Gasteiger charge is -2.43. The molecule has 0 aromatic heterocycles. The second kappa shape index (κ2) is 5.97. The number of nitrogens with zero attached hydrogens (tertiary/aromatic N) is 1. The highest BCUT2D eigenvalue weighted by atomic mass is 79.9. The number of sulfonamides is 1. The Kier molecular flexibility index (Phi) is 4.39. The Morgan fingerprint density at radius 3 is 2.62 bits per heavy atom. The Balaban J connectivity index is 1.96. The summed E-state index contributed by atoms with van der Waals surface area (Å²) in [6.07, 6.45) is 6.22. The second-order valence-electron chi connectivity index (χ2n) is 5.94. The molecule has 21 heavy (non-hydrogen) atoms. The van der Waals surface area contributed by atoms with E-state index < -0.39 is 15.8 Å². The standard InChI is InChI=1S/C15H19BrFNO2S/c16-12-7-8-15(13(17)10-12)21(19,20)18-9-3-5-11-4-1-2-6-14(11)18/h7-8,10-11,14H,1-6,9H2. The van der Waals surface area contributed by atoms with Crippen molar-refractivity contribution >= 4 is 26.0 Å². The maximum absolute atomic E-state index is 14.1. The van der Waals surface area contributed by atoms with Crippen LogP contribution in [0.5, 0.6) is 0 Å². The average molecular weight is 376 g/mol. The summed E-state index contributed by atoms with van der Waals surface area (Å²) in [4.78, 5) is -0.197. The maximum atomic E-state index is 14.1. The van der Waals surface area contributed by atoms with Crippen molar-refractivity contribution in [2.75, 3.05) is 6.54 Å². The van der Waals surface area contributed by atoms with Crippen molar-refractivity contribution < 1.29 is 12.8 Å². The summed E-state index contributed by atoms with van der Waals surface area (Å²) in [7, 11) is -3.74. The van der Waals surface area contributed by atoms with E-state index in [9.17, 15) is 12.8 Å². The highest BCUT2D eigenvalue weighted by Gasteiger charge is 2.40. The Bertz CT molecular complexity index is 633. The first-order valence-electron chi connectivity index (χ1n) is 7.47. The normalized spacial score (nSPS) is 27.3. The zero-order chi connectivity index (χ0) is 15.0. The number of hydrogen-bond acceptors (Lipinski definition) is 2. The lowest BCUT2D eigenvalue weighted by Crippen LogP contribution is -2.49. The first-order chi connectivity index (χ1) is 10.00. The lowest BCUT2D eigenvalue weighted by atomic mass is 9.79. The van der Waals surface area contributed by atoms with Gasteiger partial charge in [0.2, 0.25) is 10.0 Å². The Morgan fingerprint density at radius 2 is 1.86 bits per heavy atom. The third kappa shape index (κ3) is 2.90. The number of halogens is 2. The Morgan fingerprint density at radius 1 is 1.14 bits per heavy atom. The molecule has 1 heterocycles. The van der Waals surface area contributed by atoms with Gasteiger partial charge >= 0.3 is 0 Å². The van der Waals surface area contributed by atoms with E-state index >= 15 is 0 Å². The predicted molar refractivity (Wildman–Crippen MR) is 83.0 cm³/mol. The SMILES string of the molecule is O=S(=O)(c1ccc(Br)cc1F)N1CCCC2CCCCC21. The molecule has 1 aliphatic heterocycles. The van der Waals surface area contributed by atoms with Gasteiger partial charge in [0, 0.05) is 17.1 Å². The molecule has 0 spiro atoms. The molecule has 0 radical (unpaired) electrons. The fourth-order valence-electron chi connectivity index (χ4n) is 3.69. The lowest BCUT2D eigenvalue weighted by molar-refractivity contribution is 0.129. The van der Waals surface area contributed by atoms with Crippen molar-refractivity contribution in [3.05, 3.63) is 28.5 Å². The summed E-state index contributed by atoms with van der Waals surface area (Å²) in [6, 6.07) is 4.22. The van der Waals surface area contributed by atoms with Crippen LogP contribution in [-0.4, -0.2) is 25.3 Å². The van der Waals surface area contributed by atoms with Crippen LogP contribution in [0.15, 0.2) is 27.6 Å². The summed E-state index contributed by atoms with van der Waals surface area (Å²) in [5, 5.41) is 0. The van der Waals surface area contributed by atoms with Crippen molar-refractivity contribution in [1.82, 2.24) is 4.31 Å². The quantitative estimate of drug-likeness (QED) is 0.784. The Labute approximate surface area is 133 Å². The van der Waals surface area contributed by atoms with Gasteiger partial charge in [-0.05, 0) is 49.8 Å². The van der Waals surface area contributed by atoms with Crippen LogP contribution < -0.4 is 0 Å². The van der Waals surface area contributed by atoms with Gasteiger partial charge in [0.15, 0.2) is 0 Å². The van der Waals surface area contributed by atoms with E-state index in [0.717, 1.165) is 32.1 Å². The number of fused-ring (bicyclic) bond motifs is 1. The summed E-state index contributed by atoms with van der Waals surface area (Å²) in [5.41, 5.74) is 0. The minimum absolute atomic E-state index is 0.0561. The summed E-state index contributed by atoms with van der Waals surface area (Å²) >= 11 is 3.17. The molecule has 116 valence electrons. The van der Waals surface area contributed by atoms with Gasteiger partial charge in [-0.1, -0.05) is 28.8 Å². The predicted octanol–water partition coefficient (Wildman–Crippen LogP) is 3.93. The van der Waals surface area contributed by atoms with Gasteiger partial charge in [-0.2, -0.15) is 4.31 Å². The molecule has 3 rings (SSSR count). The van der Waals surface area contributed by atoms with Gasteiger partial charge in [0.1, 0.15) is 10.7 Å². The van der Waals surface area contributed by atoms with E-state index in [4.69, 9.17) is 0 Å². The molecule has 2 fully saturated rings. The van der Waals surface area contributed by atoms with Crippen molar-refractivity contribution in [2.24, 2.45) is 5.92 Å². The topological polar surface area (TPSA) is 37.4 Å². The first-order valence-corrected chi connectivity index (χ1v) is 9.70. The van der Waals surface area contributed by atoms with E-state index in [0.29, 0.717) is 16.9 Å². The minimum atomic E-state index is -3.74. The molecular formula is C15H19BrFNO2S. The molecule has 1 saturated carbocycles. The van der Waals surface area contributed by atoms with Crippen molar-refractivity contribution in [1.29, 1.82) is 0 Å². The van der Waals surface area contributed by atoms with Crippen LogP contribution in [0.4, 0.5) is 4.39 Å². The molecule has 1 aromatic carbocycles. The van der Waals surface area contributed by atoms with Crippen LogP contribution in [0.2, 0.25) is 0 Å². The third-order valence-corrected chi connectivity index (χ3v) is 7.12. The molecule has 3 nitrogen and oxygen atoms in total. The highest BCUT2D eigenvalue weighted by Crippen LogP contribution is 2.38. The van der Waals surface area contributed by atoms with Crippen LogP contribution in [0.1, 0.15) is 38.5 Å². The van der Waals surface area contributed by atoms with Gasteiger partial charge in [0.05, 0.1) is 0 Å². The van der Waals surface area contributed by atoms with Crippen molar-refractivity contribution in [2.45, 2.75) is 49.5 Å². The van der Waals surface area contributed by atoms with Crippen LogP contribution in [0, 0.1) is 11.7 Å². The largest absolute Gasteiger partial charge is 0.246 e. The van der Waals surface area contributed by atoms with Crippen molar-refractivity contribution in [3.63, 3.8) is 0 Å². The molecule has 2 unspecified atom stereocenters. The molecule has 2 atom stereocenters. The number of hydrogen-bond donors (Lipinski definition) is 0. The van der Waals surface area contributed by atoms with Crippen LogP contribution in [0.25, 0.3) is 0 Å². The zero-order valence-electron chi connectivity index (χ0n) is 11.8. The third-order valence-electron chi connectivity index (χ3n) is 4.67. The maximum Gasteiger partial charge on any atom is 0.246 e. The van der Waals surface area contributed by atoms with Gasteiger partial charge in [-0.25, -0.2) is 12.8 Å². The van der Waals surface area contributed by atoms with E-state index in [1.165, 1.54) is 18.6 Å². The number of rotatable bonds is 2. The van der Waals surface area contributed by atoms with E-state index in [1.807, 2.05) is 0 Å². The second-order valence-corrected chi connectivity index (χ2v) is 8.72. The van der Waals surface area contributed by atoms with E-state index in [2.05, 4.69) is 15.9 Å². The average Bonchev–Trinajstić information content (AvgIpc) is 2.46. The van der Waals surface area contributed by atoms with Crippen LogP contribution in [-0.2, 0) is 10.0 Å². The van der Waals surface area contributed by atoms with Crippen LogP contribution >= 0.6 is 15.9 Å². The smallest absolute Gasteiger partial charge is 0.207 e. The molecule has 0 bridgehead atoms. The summed E-state index contributed by atoms with van der Waals surface area (Å²) in [6.45, 7) is 0.513. The summed E-state index contributed by atoms with van der Waals surface area (Å²) < 4.78 is 41.9. The Hall–Kier alpha value is -0.460. The molecule has 6 heteroatoms. The summed E-state index contributed by atoms with van der Waals surface area (Å²) in [5.74, 6) is -0.233. The molecule has 0 amide bonds.